The molecule has 0 N–H and O–H groups in total. The molecular formula is C13H15BrN2. The minimum atomic E-state index is 0.127. The molecule has 0 amide bonds. The summed E-state index contributed by atoms with van der Waals surface area (Å²) in [6.07, 6.45) is 6.51. The molecule has 0 heterocycles. The van der Waals surface area contributed by atoms with E-state index in [2.05, 4.69) is 29.8 Å². The van der Waals surface area contributed by atoms with Crippen molar-refractivity contribution in [1.82, 2.24) is 0 Å². The number of hydrogen-bond donors (Lipinski definition) is 0. The molecule has 0 radical (unpaired) electrons. The van der Waals surface area contributed by atoms with Crippen LogP contribution in [-0.4, -0.2) is 0 Å². The molecule has 0 aliphatic rings. The highest BCUT2D eigenvalue weighted by molar-refractivity contribution is 9.11. The second kappa shape index (κ2) is 7.91. The molecule has 0 spiro atoms. The van der Waals surface area contributed by atoms with Crippen LogP contribution in [0.3, 0.4) is 0 Å². The van der Waals surface area contributed by atoms with Crippen molar-refractivity contribution in [2.45, 2.75) is 27.2 Å². The van der Waals surface area contributed by atoms with E-state index in [0.29, 0.717) is 5.92 Å². The Morgan fingerprint density at radius 1 is 1.31 bits per heavy atom. The lowest BCUT2D eigenvalue weighted by Gasteiger charge is -2.05. The van der Waals surface area contributed by atoms with E-state index in [1.54, 1.807) is 6.08 Å². The summed E-state index contributed by atoms with van der Waals surface area (Å²) in [4.78, 5) is 0. The number of nitriles is 2. The lowest BCUT2D eigenvalue weighted by Crippen LogP contribution is -1.89. The molecule has 0 rings (SSSR count). The van der Waals surface area contributed by atoms with Crippen LogP contribution in [0.5, 0.6) is 0 Å². The van der Waals surface area contributed by atoms with Gasteiger partial charge < -0.3 is 0 Å². The smallest absolute Gasteiger partial charge is 0.129 e. The Bertz CT molecular complexity index is 387. The predicted molar refractivity (Wildman–Crippen MR) is 69.5 cm³/mol. The molecule has 0 fully saturated rings. The van der Waals surface area contributed by atoms with Crippen molar-refractivity contribution in [3.05, 3.63) is 33.9 Å². The van der Waals surface area contributed by atoms with Crippen molar-refractivity contribution >= 4 is 15.9 Å². The van der Waals surface area contributed by atoms with Gasteiger partial charge in [-0.2, -0.15) is 10.5 Å². The third kappa shape index (κ3) is 5.53. The zero-order chi connectivity index (χ0) is 12.6. The average Bonchev–Trinajstić information content (AvgIpc) is 2.31. The van der Waals surface area contributed by atoms with Gasteiger partial charge in [0.05, 0.1) is 0 Å². The van der Waals surface area contributed by atoms with E-state index in [9.17, 15) is 0 Å². The standard InChI is InChI=1S/C13H15BrN2/c1-4-11(3)13(14)6-5-10(2)7-12(8-15)9-16/h5-7,11H,4H2,1-3H3/b10-5+,13-6+. The molecule has 0 aromatic heterocycles. The average molecular weight is 279 g/mol. The minimum absolute atomic E-state index is 0.127. The summed E-state index contributed by atoms with van der Waals surface area (Å²) >= 11 is 3.50. The normalized spacial score (nSPS) is 13.6. The van der Waals surface area contributed by atoms with Crippen molar-refractivity contribution in [3.8, 4) is 12.1 Å². The van der Waals surface area contributed by atoms with Crippen LogP contribution >= 0.6 is 15.9 Å². The Hall–Kier alpha value is -1.32. The van der Waals surface area contributed by atoms with Gasteiger partial charge in [0.2, 0.25) is 0 Å². The largest absolute Gasteiger partial charge is 0.192 e. The summed E-state index contributed by atoms with van der Waals surface area (Å²) < 4.78 is 1.12. The molecule has 1 atom stereocenters. The van der Waals surface area contributed by atoms with Gasteiger partial charge in [0.1, 0.15) is 17.7 Å². The maximum absolute atomic E-state index is 8.59. The molecule has 16 heavy (non-hydrogen) atoms. The molecule has 0 aromatic rings. The molecule has 0 bridgehead atoms. The second-order valence-corrected chi connectivity index (χ2v) is 4.47. The van der Waals surface area contributed by atoms with Crippen LogP contribution in [0.15, 0.2) is 33.9 Å². The summed E-state index contributed by atoms with van der Waals surface area (Å²) in [6.45, 7) is 6.12. The van der Waals surface area contributed by atoms with Crippen molar-refractivity contribution in [1.29, 1.82) is 10.5 Å². The molecule has 2 nitrogen and oxygen atoms in total. The van der Waals surface area contributed by atoms with E-state index in [0.717, 1.165) is 16.5 Å². The SMILES string of the molecule is CCC(C)/C(Br)=C\C=C(/C)C=C(C#N)C#N. The Kier molecular flexibility index (Phi) is 7.25. The van der Waals surface area contributed by atoms with E-state index >= 15 is 0 Å². The molecule has 0 aromatic carbocycles. The third-order valence-electron chi connectivity index (χ3n) is 2.20. The monoisotopic (exact) mass is 278 g/mol. The zero-order valence-corrected chi connectivity index (χ0v) is 11.4. The van der Waals surface area contributed by atoms with Gasteiger partial charge in [-0.3, -0.25) is 0 Å². The Balaban J connectivity index is 4.78. The Morgan fingerprint density at radius 2 is 1.88 bits per heavy atom. The molecule has 0 saturated carbocycles. The van der Waals surface area contributed by atoms with E-state index in [-0.39, 0.29) is 5.57 Å². The van der Waals surface area contributed by atoms with Crippen molar-refractivity contribution in [3.63, 3.8) is 0 Å². The first-order chi connectivity index (χ1) is 7.54. The second-order valence-electron chi connectivity index (χ2n) is 3.55. The summed E-state index contributed by atoms with van der Waals surface area (Å²) in [6, 6.07) is 3.66. The molecule has 1 unspecified atom stereocenters. The Labute approximate surface area is 106 Å². The zero-order valence-electron chi connectivity index (χ0n) is 9.79. The highest BCUT2D eigenvalue weighted by atomic mass is 79.9. The van der Waals surface area contributed by atoms with Crippen molar-refractivity contribution < 1.29 is 0 Å². The van der Waals surface area contributed by atoms with Gasteiger partial charge in [-0.25, -0.2) is 0 Å². The molecule has 0 saturated heterocycles. The van der Waals surface area contributed by atoms with Crippen LogP contribution in [0.4, 0.5) is 0 Å². The molecule has 0 aliphatic heterocycles. The Morgan fingerprint density at radius 3 is 2.31 bits per heavy atom. The van der Waals surface area contributed by atoms with Gasteiger partial charge in [0.25, 0.3) is 0 Å². The fourth-order valence-electron chi connectivity index (χ4n) is 0.936. The summed E-state index contributed by atoms with van der Waals surface area (Å²) in [7, 11) is 0. The van der Waals surface area contributed by atoms with E-state index in [1.807, 2.05) is 31.2 Å². The molecular weight excluding hydrogens is 264 g/mol. The highest BCUT2D eigenvalue weighted by Crippen LogP contribution is 2.20. The van der Waals surface area contributed by atoms with Crippen LogP contribution in [0.25, 0.3) is 0 Å². The number of rotatable bonds is 4. The van der Waals surface area contributed by atoms with Crippen molar-refractivity contribution in [2.24, 2.45) is 5.92 Å². The van der Waals surface area contributed by atoms with Crippen LogP contribution in [0, 0.1) is 28.6 Å². The van der Waals surface area contributed by atoms with Crippen molar-refractivity contribution in [2.75, 3.05) is 0 Å². The van der Waals surface area contributed by atoms with Crippen LogP contribution in [0.1, 0.15) is 27.2 Å². The first kappa shape index (κ1) is 14.7. The van der Waals surface area contributed by atoms with Crippen LogP contribution < -0.4 is 0 Å². The van der Waals surface area contributed by atoms with Gasteiger partial charge in [0.15, 0.2) is 0 Å². The van der Waals surface area contributed by atoms with Gasteiger partial charge in [0, 0.05) is 0 Å². The highest BCUT2D eigenvalue weighted by Gasteiger charge is 2.00. The fourth-order valence-corrected chi connectivity index (χ4v) is 1.39. The lowest BCUT2D eigenvalue weighted by molar-refractivity contribution is 0.690. The van der Waals surface area contributed by atoms with Gasteiger partial charge in [-0.1, -0.05) is 41.9 Å². The van der Waals surface area contributed by atoms with Gasteiger partial charge >= 0.3 is 0 Å². The maximum Gasteiger partial charge on any atom is 0.129 e. The summed E-state index contributed by atoms with van der Waals surface area (Å²) in [5.41, 5.74) is 1.01. The maximum atomic E-state index is 8.59. The summed E-state index contributed by atoms with van der Waals surface area (Å²) in [5.74, 6) is 0.486. The quantitative estimate of drug-likeness (QED) is 0.571. The molecule has 84 valence electrons. The number of halogens is 1. The lowest BCUT2D eigenvalue weighted by atomic mass is 10.1. The predicted octanol–water partition coefficient (Wildman–Crippen LogP) is 4.23. The number of allylic oxidation sites excluding steroid dienone is 6. The third-order valence-corrected chi connectivity index (χ3v) is 3.25. The first-order valence-corrected chi connectivity index (χ1v) is 5.90. The van der Waals surface area contributed by atoms with E-state index in [4.69, 9.17) is 10.5 Å². The summed E-state index contributed by atoms with van der Waals surface area (Å²) in [5, 5.41) is 17.2. The first-order valence-electron chi connectivity index (χ1n) is 5.11. The molecule has 3 heteroatoms. The number of nitrogens with zero attached hydrogens (tertiary/aromatic N) is 2. The van der Waals surface area contributed by atoms with E-state index < -0.39 is 0 Å². The fraction of sp³-hybridized carbons (Fsp3) is 0.385. The number of hydrogen-bond acceptors (Lipinski definition) is 2. The van der Waals surface area contributed by atoms with Gasteiger partial charge in [-0.15, -0.1) is 0 Å². The van der Waals surface area contributed by atoms with Gasteiger partial charge in [-0.05, 0) is 35.4 Å². The van der Waals surface area contributed by atoms with Crippen LogP contribution in [-0.2, 0) is 0 Å². The van der Waals surface area contributed by atoms with Crippen LogP contribution in [0.2, 0.25) is 0 Å². The van der Waals surface area contributed by atoms with E-state index in [1.165, 1.54) is 0 Å². The minimum Gasteiger partial charge on any atom is -0.192 e. The topological polar surface area (TPSA) is 47.6 Å². The molecule has 0 aliphatic carbocycles.